The van der Waals surface area contributed by atoms with Crippen molar-refractivity contribution in [3.63, 3.8) is 0 Å². The van der Waals surface area contributed by atoms with E-state index in [1.807, 2.05) is 0 Å². The Labute approximate surface area is 299 Å². The fourth-order valence-corrected chi connectivity index (χ4v) is 6.31. The maximum absolute atomic E-state index is 12.1. The van der Waals surface area contributed by atoms with Gasteiger partial charge in [0.15, 0.2) is 6.10 Å². The summed E-state index contributed by atoms with van der Waals surface area (Å²) < 4.78 is 10.6. The summed E-state index contributed by atoms with van der Waals surface area (Å²) >= 11 is 0. The van der Waals surface area contributed by atoms with Gasteiger partial charge in [-0.1, -0.05) is 193 Å². The van der Waals surface area contributed by atoms with Gasteiger partial charge >= 0.3 is 11.9 Å². The summed E-state index contributed by atoms with van der Waals surface area (Å²) in [4.78, 5) is 24.3. The van der Waals surface area contributed by atoms with Crippen molar-refractivity contribution in [3.8, 4) is 0 Å². The Morgan fingerprint density at radius 1 is 0.458 bits per heavy atom. The largest absolute Gasteiger partial charge is 0.462 e. The maximum Gasteiger partial charge on any atom is 0.306 e. The third-order valence-corrected chi connectivity index (χ3v) is 9.56. The zero-order valence-electron chi connectivity index (χ0n) is 32.3. The van der Waals surface area contributed by atoms with Gasteiger partial charge in [-0.3, -0.25) is 9.59 Å². The monoisotopic (exact) mass is 679 g/mol. The lowest BCUT2D eigenvalue weighted by atomic mass is 10.0. The van der Waals surface area contributed by atoms with Crippen LogP contribution >= 0.6 is 0 Å². The highest BCUT2D eigenvalue weighted by Crippen LogP contribution is 2.16. The summed E-state index contributed by atoms with van der Waals surface area (Å²) in [6.45, 7) is 4.14. The van der Waals surface area contributed by atoms with Crippen LogP contribution in [0, 0.1) is 0 Å². The first-order valence-electron chi connectivity index (χ1n) is 21.2. The summed E-state index contributed by atoms with van der Waals surface area (Å²) in [6, 6.07) is 0. The van der Waals surface area contributed by atoms with Gasteiger partial charge in [0.25, 0.3) is 0 Å². The molecule has 0 rings (SSSR count). The highest BCUT2D eigenvalue weighted by molar-refractivity contribution is 5.70. The second kappa shape index (κ2) is 40.1. The maximum atomic E-state index is 12.1. The van der Waals surface area contributed by atoms with Crippen LogP contribution < -0.4 is 0 Å². The van der Waals surface area contributed by atoms with Crippen molar-refractivity contribution in [1.82, 2.24) is 0 Å². The topological polar surface area (TPSA) is 72.8 Å². The molecule has 0 saturated carbocycles. The zero-order chi connectivity index (χ0) is 35.0. The van der Waals surface area contributed by atoms with Crippen LogP contribution in [0.5, 0.6) is 0 Å². The molecule has 284 valence electrons. The van der Waals surface area contributed by atoms with Crippen LogP contribution in [0.2, 0.25) is 0 Å². The number of allylic oxidation sites excluding steroid dienone is 2. The van der Waals surface area contributed by atoms with Crippen LogP contribution in [0.1, 0.15) is 232 Å². The molecule has 5 nitrogen and oxygen atoms in total. The lowest BCUT2D eigenvalue weighted by molar-refractivity contribution is -0.161. The fourth-order valence-electron chi connectivity index (χ4n) is 6.31. The van der Waals surface area contributed by atoms with Gasteiger partial charge in [-0.25, -0.2) is 0 Å². The molecule has 1 N–H and O–H groups in total. The number of hydrogen-bond donors (Lipinski definition) is 1. The van der Waals surface area contributed by atoms with E-state index in [-0.39, 0.29) is 25.2 Å². The normalized spacial score (nSPS) is 12.1. The van der Waals surface area contributed by atoms with E-state index >= 15 is 0 Å². The van der Waals surface area contributed by atoms with E-state index in [1.54, 1.807) is 0 Å². The number of unbranched alkanes of at least 4 members (excludes halogenated alkanes) is 29. The minimum Gasteiger partial charge on any atom is -0.462 e. The van der Waals surface area contributed by atoms with Gasteiger partial charge in [0.1, 0.15) is 6.61 Å². The van der Waals surface area contributed by atoms with Gasteiger partial charge in [0.2, 0.25) is 0 Å². The Morgan fingerprint density at radius 2 is 0.771 bits per heavy atom. The Hall–Kier alpha value is -1.36. The summed E-state index contributed by atoms with van der Waals surface area (Å²) in [6.07, 6.45) is 45.7. The molecule has 0 saturated heterocycles. The number of ether oxygens (including phenoxy) is 2. The van der Waals surface area contributed by atoms with Crippen LogP contribution in [0.4, 0.5) is 0 Å². The molecule has 5 heteroatoms. The molecule has 48 heavy (non-hydrogen) atoms. The second-order valence-electron chi connectivity index (χ2n) is 14.4. The van der Waals surface area contributed by atoms with E-state index in [0.29, 0.717) is 12.8 Å². The molecule has 0 spiro atoms. The number of carbonyl (C=O) groups excluding carboxylic acids is 2. The van der Waals surface area contributed by atoms with Crippen molar-refractivity contribution in [2.75, 3.05) is 13.2 Å². The molecule has 0 amide bonds. The average molecular weight is 679 g/mol. The predicted octanol–water partition coefficient (Wildman–Crippen LogP) is 13.3. The molecule has 0 aromatic rings. The number of rotatable bonds is 39. The van der Waals surface area contributed by atoms with Crippen molar-refractivity contribution in [2.45, 2.75) is 238 Å². The average Bonchev–Trinajstić information content (AvgIpc) is 3.09. The minimum absolute atomic E-state index is 0.0630. The highest BCUT2D eigenvalue weighted by Gasteiger charge is 2.16. The SMILES string of the molecule is CCCCCC/C=C\CCCCCCCC(=O)OC(CO)COC(=O)CCCCCCCCCCCCCCCCCCCCCCC. The fraction of sp³-hybridized carbons (Fsp3) is 0.907. The number of aliphatic hydroxyl groups is 1. The van der Waals surface area contributed by atoms with Crippen LogP contribution in [-0.4, -0.2) is 36.4 Å². The third-order valence-electron chi connectivity index (χ3n) is 9.56. The highest BCUT2D eigenvalue weighted by atomic mass is 16.6. The summed E-state index contributed by atoms with van der Waals surface area (Å²) in [5.41, 5.74) is 0. The van der Waals surface area contributed by atoms with E-state index in [4.69, 9.17) is 9.47 Å². The van der Waals surface area contributed by atoms with Gasteiger partial charge in [-0.05, 0) is 38.5 Å². The van der Waals surface area contributed by atoms with Crippen LogP contribution in [-0.2, 0) is 19.1 Å². The Bertz CT molecular complexity index is 691. The van der Waals surface area contributed by atoms with Crippen LogP contribution in [0.3, 0.4) is 0 Å². The molecular weight excluding hydrogens is 596 g/mol. The number of hydrogen-bond acceptors (Lipinski definition) is 5. The van der Waals surface area contributed by atoms with Crippen molar-refractivity contribution in [3.05, 3.63) is 12.2 Å². The van der Waals surface area contributed by atoms with Gasteiger partial charge in [0, 0.05) is 12.8 Å². The molecule has 0 bridgehead atoms. The molecule has 1 unspecified atom stereocenters. The summed E-state index contributed by atoms with van der Waals surface area (Å²) in [5.74, 6) is -0.589. The van der Waals surface area contributed by atoms with E-state index in [9.17, 15) is 14.7 Å². The molecule has 0 aliphatic carbocycles. The lowest BCUT2D eigenvalue weighted by Gasteiger charge is -2.15. The number of aliphatic hydroxyl groups excluding tert-OH is 1. The van der Waals surface area contributed by atoms with Crippen molar-refractivity contribution in [2.24, 2.45) is 0 Å². The van der Waals surface area contributed by atoms with Gasteiger partial charge in [0.05, 0.1) is 6.61 Å². The quantitative estimate of drug-likeness (QED) is 0.0398. The third kappa shape index (κ3) is 37.5. The Kier molecular flexibility index (Phi) is 38.9. The first kappa shape index (κ1) is 46.6. The molecule has 1 atom stereocenters. The zero-order valence-corrected chi connectivity index (χ0v) is 32.3. The summed E-state index contributed by atoms with van der Waals surface area (Å²) in [7, 11) is 0. The molecule has 0 aliphatic heterocycles. The molecule has 0 heterocycles. The van der Waals surface area contributed by atoms with Crippen LogP contribution in [0.25, 0.3) is 0 Å². The van der Waals surface area contributed by atoms with Crippen molar-refractivity contribution in [1.29, 1.82) is 0 Å². The molecular formula is C43H82O5. The second-order valence-corrected chi connectivity index (χ2v) is 14.4. The number of carbonyl (C=O) groups is 2. The van der Waals surface area contributed by atoms with Gasteiger partial charge in [-0.2, -0.15) is 0 Å². The van der Waals surface area contributed by atoms with E-state index in [1.165, 1.54) is 167 Å². The molecule has 0 aliphatic rings. The van der Waals surface area contributed by atoms with E-state index in [0.717, 1.165) is 38.5 Å². The lowest BCUT2D eigenvalue weighted by Crippen LogP contribution is -2.28. The molecule has 0 fully saturated rings. The van der Waals surface area contributed by atoms with Crippen molar-refractivity contribution >= 4 is 11.9 Å². The first-order valence-corrected chi connectivity index (χ1v) is 21.2. The minimum atomic E-state index is -0.769. The van der Waals surface area contributed by atoms with Gasteiger partial charge in [-0.15, -0.1) is 0 Å². The Morgan fingerprint density at radius 3 is 1.15 bits per heavy atom. The number of esters is 2. The first-order chi connectivity index (χ1) is 23.6. The molecule has 0 aromatic heterocycles. The smallest absolute Gasteiger partial charge is 0.306 e. The Balaban J connectivity index is 3.47. The molecule has 0 radical (unpaired) electrons. The molecule has 0 aromatic carbocycles. The van der Waals surface area contributed by atoms with Crippen LogP contribution in [0.15, 0.2) is 12.2 Å². The van der Waals surface area contributed by atoms with Crippen molar-refractivity contribution < 1.29 is 24.2 Å². The van der Waals surface area contributed by atoms with Gasteiger partial charge < -0.3 is 14.6 Å². The van der Waals surface area contributed by atoms with E-state index < -0.39 is 6.10 Å². The van der Waals surface area contributed by atoms with E-state index in [2.05, 4.69) is 26.0 Å². The standard InChI is InChI=1S/C43H82O5/c1-3-5-7-9-11-13-15-17-18-19-20-21-22-23-24-26-27-29-31-33-35-37-42(45)47-40-41(39-44)48-43(46)38-36-34-32-30-28-25-16-14-12-10-8-6-4-2/h14,16,41,44H,3-13,15,17-40H2,1-2H3/b16-14-. The predicted molar refractivity (Wildman–Crippen MR) is 205 cm³/mol. The summed E-state index contributed by atoms with van der Waals surface area (Å²) in [5, 5.41) is 9.55.